The predicted octanol–water partition coefficient (Wildman–Crippen LogP) is 2.69. The Kier molecular flexibility index (Phi) is 4.52. The van der Waals surface area contributed by atoms with Gasteiger partial charge in [0.1, 0.15) is 11.6 Å². The third-order valence-corrected chi connectivity index (χ3v) is 4.19. The molecule has 0 amide bonds. The number of pyridine rings is 1. The Morgan fingerprint density at radius 1 is 0.960 bits per heavy atom. The van der Waals surface area contributed by atoms with Crippen molar-refractivity contribution < 1.29 is 0 Å². The van der Waals surface area contributed by atoms with Gasteiger partial charge < -0.3 is 15.5 Å². The van der Waals surface area contributed by atoms with Crippen molar-refractivity contribution in [2.45, 2.75) is 0 Å². The first-order valence-corrected chi connectivity index (χ1v) is 8.45. The number of piperazine rings is 1. The molecule has 0 aliphatic carbocycles. The van der Waals surface area contributed by atoms with Gasteiger partial charge in [0, 0.05) is 49.8 Å². The van der Waals surface area contributed by atoms with E-state index in [2.05, 4.69) is 49.8 Å². The average Bonchev–Trinajstić information content (AvgIpc) is 2.70. The Morgan fingerprint density at radius 2 is 1.84 bits per heavy atom. The molecule has 0 bridgehead atoms. The molecule has 6 nitrogen and oxygen atoms in total. The van der Waals surface area contributed by atoms with Gasteiger partial charge in [-0.2, -0.15) is 0 Å². The van der Waals surface area contributed by atoms with Crippen molar-refractivity contribution >= 4 is 17.3 Å². The average molecular weight is 332 g/mol. The lowest BCUT2D eigenvalue weighted by Crippen LogP contribution is -2.43. The van der Waals surface area contributed by atoms with Crippen LogP contribution in [-0.4, -0.2) is 41.1 Å². The van der Waals surface area contributed by atoms with Gasteiger partial charge in [0.25, 0.3) is 0 Å². The monoisotopic (exact) mass is 332 g/mol. The first-order chi connectivity index (χ1) is 12.4. The summed E-state index contributed by atoms with van der Waals surface area (Å²) in [6.07, 6.45) is 4.99. The van der Waals surface area contributed by atoms with Gasteiger partial charge >= 0.3 is 0 Å². The molecule has 2 aromatic heterocycles. The van der Waals surface area contributed by atoms with Crippen molar-refractivity contribution in [2.24, 2.45) is 0 Å². The zero-order chi connectivity index (χ0) is 16.9. The van der Waals surface area contributed by atoms with Crippen molar-refractivity contribution in [3.63, 3.8) is 0 Å². The summed E-state index contributed by atoms with van der Waals surface area (Å²) in [5.41, 5.74) is 3.29. The van der Waals surface area contributed by atoms with Crippen LogP contribution < -0.4 is 15.5 Å². The summed E-state index contributed by atoms with van der Waals surface area (Å²) < 4.78 is 0. The smallest absolute Gasteiger partial charge is 0.150 e. The minimum atomic E-state index is 0.682. The summed E-state index contributed by atoms with van der Waals surface area (Å²) in [6, 6.07) is 14.5. The Hall–Kier alpha value is -2.99. The van der Waals surface area contributed by atoms with E-state index in [0.717, 1.165) is 43.3 Å². The molecule has 0 saturated carbocycles. The number of hydrogen-bond donors (Lipinski definition) is 2. The van der Waals surface area contributed by atoms with Crippen LogP contribution >= 0.6 is 0 Å². The molecule has 0 spiro atoms. The molecule has 3 aromatic rings. The minimum Gasteiger partial charge on any atom is -0.369 e. The summed E-state index contributed by atoms with van der Waals surface area (Å²) in [7, 11) is 0. The highest BCUT2D eigenvalue weighted by Crippen LogP contribution is 2.25. The third-order valence-electron chi connectivity index (χ3n) is 4.19. The molecule has 0 atom stereocenters. The molecule has 4 rings (SSSR count). The van der Waals surface area contributed by atoms with Gasteiger partial charge in [-0.3, -0.25) is 4.98 Å². The Bertz CT molecular complexity index is 830. The Morgan fingerprint density at radius 3 is 2.68 bits per heavy atom. The topological polar surface area (TPSA) is 66.0 Å². The van der Waals surface area contributed by atoms with Gasteiger partial charge in [0.15, 0.2) is 0 Å². The van der Waals surface area contributed by atoms with Gasteiger partial charge in [-0.25, -0.2) is 9.97 Å². The molecule has 3 heterocycles. The third kappa shape index (κ3) is 3.75. The lowest BCUT2D eigenvalue weighted by Gasteiger charge is -2.29. The molecule has 0 unspecified atom stereocenters. The molecule has 25 heavy (non-hydrogen) atoms. The molecule has 126 valence electrons. The highest BCUT2D eigenvalue weighted by atomic mass is 15.2. The lowest BCUT2D eigenvalue weighted by atomic mass is 10.1. The van der Waals surface area contributed by atoms with Gasteiger partial charge in [-0.15, -0.1) is 0 Å². The van der Waals surface area contributed by atoms with E-state index in [1.807, 2.05) is 18.2 Å². The van der Waals surface area contributed by atoms with E-state index in [1.165, 1.54) is 5.69 Å². The van der Waals surface area contributed by atoms with E-state index in [-0.39, 0.29) is 0 Å². The maximum atomic E-state index is 4.71. The van der Waals surface area contributed by atoms with Gasteiger partial charge in [-0.05, 0) is 24.3 Å². The van der Waals surface area contributed by atoms with Crippen LogP contribution in [0.15, 0.2) is 61.1 Å². The summed E-state index contributed by atoms with van der Waals surface area (Å²) in [4.78, 5) is 15.4. The minimum absolute atomic E-state index is 0.682. The Balaban J connectivity index is 1.58. The molecule has 1 aliphatic rings. The molecule has 1 aromatic carbocycles. The highest BCUT2D eigenvalue weighted by Gasteiger charge is 2.11. The van der Waals surface area contributed by atoms with E-state index in [1.54, 1.807) is 18.6 Å². The Labute approximate surface area is 147 Å². The van der Waals surface area contributed by atoms with E-state index in [0.29, 0.717) is 5.82 Å². The standard InChI is InChI=1S/C19H20N6/c1-3-15(13-16(4-1)25-11-9-20-10-12-25)17-5-2-6-18(23-17)24-19-14-21-7-8-22-19/h1-8,13-14,20H,9-12H2,(H,22,23,24). The number of aromatic nitrogens is 3. The lowest BCUT2D eigenvalue weighted by molar-refractivity contribution is 0.589. The maximum Gasteiger partial charge on any atom is 0.150 e. The molecular formula is C19H20N6. The summed E-state index contributed by atoms with van der Waals surface area (Å²) in [6.45, 7) is 4.12. The molecule has 6 heteroatoms. The first-order valence-electron chi connectivity index (χ1n) is 8.45. The molecule has 1 fully saturated rings. The van der Waals surface area contributed by atoms with Gasteiger partial charge in [-0.1, -0.05) is 18.2 Å². The van der Waals surface area contributed by atoms with Crippen LogP contribution in [0.1, 0.15) is 0 Å². The highest BCUT2D eigenvalue weighted by molar-refractivity contribution is 5.67. The fourth-order valence-corrected chi connectivity index (χ4v) is 2.94. The number of nitrogens with zero attached hydrogens (tertiary/aromatic N) is 4. The summed E-state index contributed by atoms with van der Waals surface area (Å²) >= 11 is 0. The molecule has 0 radical (unpaired) electrons. The number of rotatable bonds is 4. The number of benzene rings is 1. The zero-order valence-electron chi connectivity index (χ0n) is 13.9. The maximum absolute atomic E-state index is 4.71. The summed E-state index contributed by atoms with van der Waals surface area (Å²) in [5, 5.41) is 6.58. The van der Waals surface area contributed by atoms with Crippen molar-refractivity contribution in [1.29, 1.82) is 0 Å². The van der Waals surface area contributed by atoms with E-state index < -0.39 is 0 Å². The molecular weight excluding hydrogens is 312 g/mol. The van der Waals surface area contributed by atoms with Crippen LogP contribution in [0.4, 0.5) is 17.3 Å². The van der Waals surface area contributed by atoms with E-state index in [4.69, 9.17) is 4.98 Å². The van der Waals surface area contributed by atoms with Gasteiger partial charge in [0.2, 0.25) is 0 Å². The van der Waals surface area contributed by atoms with Crippen molar-refractivity contribution in [1.82, 2.24) is 20.3 Å². The second kappa shape index (κ2) is 7.27. The second-order valence-electron chi connectivity index (χ2n) is 5.91. The molecule has 2 N–H and O–H groups in total. The van der Waals surface area contributed by atoms with Crippen LogP contribution in [0.5, 0.6) is 0 Å². The normalized spacial score (nSPS) is 14.3. The van der Waals surface area contributed by atoms with Crippen LogP contribution in [0.3, 0.4) is 0 Å². The molecule has 1 saturated heterocycles. The number of anilines is 3. The van der Waals surface area contributed by atoms with Gasteiger partial charge in [0.05, 0.1) is 11.9 Å². The van der Waals surface area contributed by atoms with Crippen LogP contribution in [0.2, 0.25) is 0 Å². The van der Waals surface area contributed by atoms with Crippen molar-refractivity contribution in [3.8, 4) is 11.3 Å². The quantitative estimate of drug-likeness (QED) is 0.766. The zero-order valence-corrected chi connectivity index (χ0v) is 13.9. The number of nitrogens with one attached hydrogen (secondary N) is 2. The van der Waals surface area contributed by atoms with Crippen LogP contribution in [0.25, 0.3) is 11.3 Å². The van der Waals surface area contributed by atoms with Crippen molar-refractivity contribution in [3.05, 3.63) is 61.1 Å². The van der Waals surface area contributed by atoms with Crippen LogP contribution in [-0.2, 0) is 0 Å². The van der Waals surface area contributed by atoms with E-state index in [9.17, 15) is 0 Å². The second-order valence-corrected chi connectivity index (χ2v) is 5.91. The predicted molar refractivity (Wildman–Crippen MR) is 100 cm³/mol. The fourth-order valence-electron chi connectivity index (χ4n) is 2.94. The number of hydrogen-bond acceptors (Lipinski definition) is 6. The first kappa shape index (κ1) is 15.5. The van der Waals surface area contributed by atoms with E-state index >= 15 is 0 Å². The largest absolute Gasteiger partial charge is 0.369 e. The fraction of sp³-hybridized carbons (Fsp3) is 0.211. The summed E-state index contributed by atoms with van der Waals surface area (Å²) in [5.74, 6) is 1.44. The molecule has 1 aliphatic heterocycles. The SMILES string of the molecule is c1cc(-c2cccc(Nc3cnccn3)n2)cc(N2CCNCC2)c1. The van der Waals surface area contributed by atoms with Crippen molar-refractivity contribution in [2.75, 3.05) is 36.4 Å². The van der Waals surface area contributed by atoms with Crippen LogP contribution in [0, 0.1) is 0 Å².